The van der Waals surface area contributed by atoms with E-state index in [1.54, 1.807) is 0 Å². The SMILES string of the molecule is Cc1ccc(-c2ccc(N(C)c3ccc(C)cc3)cc2)cc1.Cc1ccc(-c2ccc(N(C)c3cccc(C)c3)cc2)cc1.Cc1ccc(-c2ccc(N(C)c3ccccc3)cc2)cc1.Cc1ccc(N(C)c2ccc(N(c3ccc(C)cc3)c3cccc(C)c3)cc2)cc1.Cc1ccc(N(C)c2ccc(N(c3ccccc3)c3ccc(C)cc3)cc2)cc1.Cc1cccc(N(C)c2ccccc2)c1. The van der Waals surface area contributed by atoms with Crippen molar-refractivity contribution >= 4 is 102 Å². The van der Waals surface area contributed by atoms with E-state index >= 15 is 0 Å². The van der Waals surface area contributed by atoms with Crippen molar-refractivity contribution in [3.05, 3.63) is 540 Å². The minimum absolute atomic E-state index is 1.14. The molecule has 0 aliphatic carbocycles. The third-order valence-electron chi connectivity index (χ3n) is 25.1. The third kappa shape index (κ3) is 27.5. The van der Waals surface area contributed by atoms with Crippen LogP contribution in [0.3, 0.4) is 0 Å². The standard InChI is InChI=1S/C28H28N2.C27H26N2.2C21H21N.C20H19N.C14H15N/c1-21-8-12-24(13-9-21)29(4)25-16-18-27(19-17-25)30(26-14-10-22(2)11-15-26)28-7-5-6-23(3)20-28;1-21-9-13-23(14-10-21)28(3)24-17-19-27(20-18-24)29(25-7-5-4-6-8-25)26-15-11-22(2)12-16-26;1-16-4-8-18(9-5-16)19-10-14-21(15-11-19)22(3)20-12-6-17(2)7-13-20;1-16-7-9-18(10-8-16)19-11-13-20(14-12-19)22(3)21-6-4-5-17(2)15-21;1-16-8-10-17(11-9-16)18-12-14-20(15-13-18)21(2)19-6-4-3-5-7-19;1-12-7-6-10-14(11-12)15(2)13-8-4-3-5-9-13/h5-20H,1-4H3;4-20H,1-3H3;2*4-15H,1-3H3;3-15H,1-2H3;3-11H,1-2H3. The summed E-state index contributed by atoms with van der Waals surface area (Å²) in [5.41, 5.74) is 42.8. The summed E-state index contributed by atoms with van der Waals surface area (Å²) < 4.78 is 0. The highest BCUT2D eigenvalue weighted by molar-refractivity contribution is 5.82. The number of hydrogen-bond donors (Lipinski definition) is 0. The summed E-state index contributed by atoms with van der Waals surface area (Å²) in [6.07, 6.45) is 0. The van der Waals surface area contributed by atoms with E-state index in [0.717, 1.165) is 39.8 Å². The van der Waals surface area contributed by atoms with Crippen molar-refractivity contribution in [2.24, 2.45) is 0 Å². The minimum Gasteiger partial charge on any atom is -0.345 e. The highest BCUT2D eigenvalue weighted by Gasteiger charge is 2.18. The number of rotatable bonds is 21. The van der Waals surface area contributed by atoms with Crippen LogP contribution in [0, 0.1) is 76.2 Å². The fourth-order valence-corrected chi connectivity index (χ4v) is 16.3. The molecule has 0 N–H and O–H groups in total. The first-order chi connectivity index (χ1) is 67.4. The van der Waals surface area contributed by atoms with Crippen LogP contribution in [0.4, 0.5) is 102 Å². The molecule has 694 valence electrons. The molecule has 0 radical (unpaired) electrons. The molecule has 19 aromatic carbocycles. The lowest BCUT2D eigenvalue weighted by Gasteiger charge is -2.27. The number of nitrogens with zero attached hydrogens (tertiary/aromatic N) is 8. The van der Waals surface area contributed by atoms with Crippen molar-refractivity contribution < 1.29 is 0 Å². The van der Waals surface area contributed by atoms with Gasteiger partial charge in [-0.3, -0.25) is 0 Å². The van der Waals surface area contributed by atoms with E-state index in [0.29, 0.717) is 0 Å². The molecule has 8 nitrogen and oxygen atoms in total. The van der Waals surface area contributed by atoms with Crippen LogP contribution in [0.15, 0.2) is 479 Å². The summed E-state index contributed by atoms with van der Waals surface area (Å²) >= 11 is 0. The average molecular weight is 1820 g/mol. The molecule has 0 bridgehead atoms. The van der Waals surface area contributed by atoms with Crippen LogP contribution < -0.4 is 39.2 Å². The number of benzene rings is 19. The zero-order valence-electron chi connectivity index (χ0n) is 83.7. The molecule has 0 heterocycles. The van der Waals surface area contributed by atoms with E-state index < -0.39 is 0 Å². The Hall–Kier alpha value is -16.4. The Morgan fingerprint density at radius 2 is 0.230 bits per heavy atom. The fourth-order valence-electron chi connectivity index (χ4n) is 16.3. The van der Waals surface area contributed by atoms with Gasteiger partial charge in [0.05, 0.1) is 0 Å². The average Bonchev–Trinajstić information content (AvgIpc) is 0.793. The van der Waals surface area contributed by atoms with Crippen molar-refractivity contribution in [1.29, 1.82) is 0 Å². The van der Waals surface area contributed by atoms with E-state index in [1.807, 2.05) is 12.1 Å². The Labute approximate surface area is 828 Å². The Bertz CT molecular complexity index is 6960. The second kappa shape index (κ2) is 48.2. The maximum absolute atomic E-state index is 2.31. The number of aryl methyl sites for hydroxylation is 11. The first-order valence-corrected chi connectivity index (χ1v) is 47.8. The molecule has 19 aromatic rings. The molecule has 19 rings (SSSR count). The quantitative estimate of drug-likeness (QED) is 0.0702. The van der Waals surface area contributed by atoms with Gasteiger partial charge in [0.2, 0.25) is 0 Å². The van der Waals surface area contributed by atoms with E-state index in [2.05, 4.69) is 625 Å². The molecule has 0 atom stereocenters. The second-order valence-corrected chi connectivity index (χ2v) is 36.0. The lowest BCUT2D eigenvalue weighted by molar-refractivity contribution is 1.20. The maximum atomic E-state index is 2.31. The van der Waals surface area contributed by atoms with Gasteiger partial charge in [0.25, 0.3) is 0 Å². The zero-order chi connectivity index (χ0) is 97.7. The molecule has 139 heavy (non-hydrogen) atoms. The van der Waals surface area contributed by atoms with Crippen LogP contribution in [-0.4, -0.2) is 42.3 Å². The Morgan fingerprint density at radius 3 is 0.453 bits per heavy atom. The summed E-state index contributed by atoms with van der Waals surface area (Å²) in [5.74, 6) is 0. The van der Waals surface area contributed by atoms with Crippen LogP contribution in [0.1, 0.15) is 61.2 Å². The van der Waals surface area contributed by atoms with E-state index in [4.69, 9.17) is 0 Å². The monoisotopic (exact) mass is 1820 g/mol. The van der Waals surface area contributed by atoms with Crippen molar-refractivity contribution in [2.45, 2.75) is 76.2 Å². The lowest BCUT2D eigenvalue weighted by atomic mass is 10.0. The van der Waals surface area contributed by atoms with Crippen molar-refractivity contribution in [2.75, 3.05) is 81.5 Å². The van der Waals surface area contributed by atoms with E-state index in [-0.39, 0.29) is 0 Å². The van der Waals surface area contributed by atoms with Crippen molar-refractivity contribution in [1.82, 2.24) is 0 Å². The van der Waals surface area contributed by atoms with Gasteiger partial charge in [0, 0.05) is 145 Å². The summed E-state index contributed by atoms with van der Waals surface area (Å²) in [5, 5.41) is 0. The third-order valence-corrected chi connectivity index (χ3v) is 25.1. The normalized spacial score (nSPS) is 10.5. The van der Waals surface area contributed by atoms with Crippen molar-refractivity contribution in [3.63, 3.8) is 0 Å². The van der Waals surface area contributed by atoms with Gasteiger partial charge >= 0.3 is 0 Å². The van der Waals surface area contributed by atoms with Gasteiger partial charge in [-0.2, -0.15) is 0 Å². The molecule has 0 aliphatic heterocycles. The van der Waals surface area contributed by atoms with Crippen LogP contribution in [0.5, 0.6) is 0 Å². The van der Waals surface area contributed by atoms with E-state index in [9.17, 15) is 0 Å². The molecule has 0 saturated carbocycles. The fraction of sp³-hybridized carbons (Fsp3) is 0.130. The second-order valence-electron chi connectivity index (χ2n) is 36.0. The molecule has 0 spiro atoms. The molecule has 0 aromatic heterocycles. The van der Waals surface area contributed by atoms with Gasteiger partial charge in [-0.05, 0) is 345 Å². The van der Waals surface area contributed by atoms with Crippen LogP contribution in [-0.2, 0) is 0 Å². The summed E-state index contributed by atoms with van der Waals surface area (Å²) in [6, 6.07) is 170. The van der Waals surface area contributed by atoms with E-state index in [1.165, 1.54) is 157 Å². The summed E-state index contributed by atoms with van der Waals surface area (Å²) in [6.45, 7) is 23.3. The molecular weight excluding hydrogens is 1690 g/mol. The van der Waals surface area contributed by atoms with Gasteiger partial charge in [0.15, 0.2) is 0 Å². The molecule has 0 amide bonds. The van der Waals surface area contributed by atoms with Crippen molar-refractivity contribution in [3.8, 4) is 33.4 Å². The number of hydrogen-bond acceptors (Lipinski definition) is 8. The van der Waals surface area contributed by atoms with Crippen LogP contribution in [0.25, 0.3) is 33.4 Å². The lowest BCUT2D eigenvalue weighted by Crippen LogP contribution is -2.12. The molecule has 0 saturated heterocycles. The Kier molecular flexibility index (Phi) is 34.2. The highest BCUT2D eigenvalue weighted by atomic mass is 15.2. The number of anilines is 18. The van der Waals surface area contributed by atoms with Crippen LogP contribution >= 0.6 is 0 Å². The van der Waals surface area contributed by atoms with Gasteiger partial charge in [-0.1, -0.05) is 305 Å². The predicted molar refractivity (Wildman–Crippen MR) is 603 cm³/mol. The summed E-state index contributed by atoms with van der Waals surface area (Å²) in [4.78, 5) is 17.8. The molecular formula is C131H130N8. The van der Waals surface area contributed by atoms with Gasteiger partial charge in [0.1, 0.15) is 0 Å². The van der Waals surface area contributed by atoms with Crippen LogP contribution in [0.2, 0.25) is 0 Å². The summed E-state index contributed by atoms with van der Waals surface area (Å²) in [7, 11) is 12.6. The smallest absolute Gasteiger partial charge is 0.0464 e. The van der Waals surface area contributed by atoms with Gasteiger partial charge in [-0.15, -0.1) is 0 Å². The largest absolute Gasteiger partial charge is 0.345 e. The first-order valence-electron chi connectivity index (χ1n) is 47.8. The topological polar surface area (TPSA) is 25.9 Å². The number of para-hydroxylation sites is 3. The zero-order valence-corrected chi connectivity index (χ0v) is 83.7. The van der Waals surface area contributed by atoms with Gasteiger partial charge in [-0.25, -0.2) is 0 Å². The first kappa shape index (κ1) is 98.6. The maximum Gasteiger partial charge on any atom is 0.0464 e. The molecule has 8 heteroatoms. The Balaban J connectivity index is 0.000000135. The molecule has 0 aliphatic rings. The molecule has 0 fully saturated rings. The Morgan fingerprint density at radius 1 is 0.101 bits per heavy atom. The highest BCUT2D eigenvalue weighted by Crippen LogP contribution is 2.41. The van der Waals surface area contributed by atoms with Gasteiger partial charge < -0.3 is 39.2 Å². The molecule has 0 unspecified atom stereocenters. The predicted octanol–water partition coefficient (Wildman–Crippen LogP) is 36.1. The minimum atomic E-state index is 1.14.